The molecule has 0 aliphatic heterocycles. The van der Waals surface area contributed by atoms with Gasteiger partial charge in [-0.1, -0.05) is 6.07 Å². The average Bonchev–Trinajstić information content (AvgIpc) is 3.16. The zero-order valence-corrected chi connectivity index (χ0v) is 11.0. The molecule has 1 aromatic carbocycles. The molecule has 0 unspecified atom stereocenters. The largest absolute Gasteiger partial charge is 0.477 e. The number of nitrogens with zero attached hydrogens (tertiary/aromatic N) is 1. The number of hydrogen-bond donors (Lipinski definition) is 1. The Morgan fingerprint density at radius 2 is 2.09 bits per heavy atom. The quantitative estimate of drug-likeness (QED) is 0.942. The number of aromatic nitrogens is 1. The Balaban J connectivity index is 2.34. The number of ether oxygens (including phenoxy) is 1. The van der Waals surface area contributed by atoms with Gasteiger partial charge in [0.15, 0.2) is 5.75 Å². The van der Waals surface area contributed by atoms with E-state index in [2.05, 4.69) is 4.74 Å². The van der Waals surface area contributed by atoms with Gasteiger partial charge in [0, 0.05) is 12.6 Å². The number of pyridine rings is 1. The second-order valence-corrected chi connectivity index (χ2v) is 4.93. The fraction of sp³-hybridized carbons (Fsp3) is 0.286. The summed E-state index contributed by atoms with van der Waals surface area (Å²) >= 11 is 0. The van der Waals surface area contributed by atoms with Crippen molar-refractivity contribution in [3.8, 4) is 5.75 Å². The minimum atomic E-state index is -3.12. The highest BCUT2D eigenvalue weighted by Gasteiger charge is 2.40. The molecule has 3 rings (SSSR count). The van der Waals surface area contributed by atoms with Gasteiger partial charge in [0.05, 0.1) is 16.9 Å². The lowest BCUT2D eigenvalue weighted by Gasteiger charge is -2.15. The van der Waals surface area contributed by atoms with Crippen LogP contribution >= 0.6 is 0 Å². The Bertz CT molecular complexity index is 818. The van der Waals surface area contributed by atoms with Crippen molar-refractivity contribution in [1.29, 1.82) is 0 Å². The zero-order valence-electron chi connectivity index (χ0n) is 11.0. The molecule has 0 radical (unpaired) electrons. The molecule has 0 saturated heterocycles. The maximum Gasteiger partial charge on any atom is 0.387 e. The highest BCUT2D eigenvalue weighted by Crippen LogP contribution is 2.42. The van der Waals surface area contributed by atoms with E-state index in [9.17, 15) is 22.8 Å². The zero-order chi connectivity index (χ0) is 16.0. The topological polar surface area (TPSA) is 68.5 Å². The maximum absolute atomic E-state index is 13.4. The SMILES string of the molecule is O=C(O)c1cn([C@@H]2C[C@@H]2F)c2c(OC(F)F)cccc2c1=O. The number of alkyl halides is 3. The van der Waals surface area contributed by atoms with Crippen molar-refractivity contribution in [3.63, 3.8) is 0 Å². The van der Waals surface area contributed by atoms with Crippen molar-refractivity contribution < 1.29 is 27.8 Å². The first-order valence-corrected chi connectivity index (χ1v) is 6.40. The van der Waals surface area contributed by atoms with Gasteiger partial charge in [0.2, 0.25) is 5.43 Å². The lowest BCUT2D eigenvalue weighted by atomic mass is 10.1. The van der Waals surface area contributed by atoms with Crippen LogP contribution in [0.4, 0.5) is 13.2 Å². The third-order valence-corrected chi connectivity index (χ3v) is 3.50. The van der Waals surface area contributed by atoms with Crippen molar-refractivity contribution in [2.24, 2.45) is 0 Å². The summed E-state index contributed by atoms with van der Waals surface area (Å²) in [5, 5.41) is 8.97. The van der Waals surface area contributed by atoms with E-state index in [0.29, 0.717) is 0 Å². The van der Waals surface area contributed by atoms with Crippen LogP contribution in [0.3, 0.4) is 0 Å². The van der Waals surface area contributed by atoms with Gasteiger partial charge in [-0.25, -0.2) is 9.18 Å². The molecule has 2 atom stereocenters. The van der Waals surface area contributed by atoms with Gasteiger partial charge in [-0.3, -0.25) is 4.79 Å². The molecule has 2 aromatic rings. The van der Waals surface area contributed by atoms with Crippen LogP contribution in [0.15, 0.2) is 29.2 Å². The molecule has 1 aromatic heterocycles. The fourth-order valence-corrected chi connectivity index (χ4v) is 2.42. The van der Waals surface area contributed by atoms with Crippen molar-refractivity contribution in [1.82, 2.24) is 4.57 Å². The first-order valence-electron chi connectivity index (χ1n) is 6.40. The van der Waals surface area contributed by atoms with E-state index in [4.69, 9.17) is 5.11 Å². The van der Waals surface area contributed by atoms with Gasteiger partial charge in [-0.2, -0.15) is 8.78 Å². The summed E-state index contributed by atoms with van der Waals surface area (Å²) in [4.78, 5) is 23.3. The lowest BCUT2D eigenvalue weighted by Crippen LogP contribution is -2.19. The lowest BCUT2D eigenvalue weighted by molar-refractivity contribution is -0.0490. The van der Waals surface area contributed by atoms with Crippen molar-refractivity contribution >= 4 is 16.9 Å². The smallest absolute Gasteiger partial charge is 0.387 e. The van der Waals surface area contributed by atoms with Crippen LogP contribution in [0.5, 0.6) is 5.75 Å². The maximum atomic E-state index is 13.4. The third-order valence-electron chi connectivity index (χ3n) is 3.50. The first kappa shape index (κ1) is 14.4. The molecule has 1 N–H and O–H groups in total. The van der Waals surface area contributed by atoms with E-state index in [0.717, 1.165) is 6.20 Å². The molecule has 22 heavy (non-hydrogen) atoms. The van der Waals surface area contributed by atoms with Crippen LogP contribution < -0.4 is 10.2 Å². The predicted molar refractivity (Wildman–Crippen MR) is 70.3 cm³/mol. The van der Waals surface area contributed by atoms with E-state index >= 15 is 0 Å². The highest BCUT2D eigenvalue weighted by molar-refractivity contribution is 5.94. The van der Waals surface area contributed by atoms with Crippen LogP contribution in [-0.4, -0.2) is 28.4 Å². The summed E-state index contributed by atoms with van der Waals surface area (Å²) < 4.78 is 44.0. The van der Waals surface area contributed by atoms with Gasteiger partial charge in [0.25, 0.3) is 0 Å². The molecular formula is C14H10F3NO4. The second kappa shape index (κ2) is 5.04. The van der Waals surface area contributed by atoms with Crippen LogP contribution in [0.2, 0.25) is 0 Å². The number of halogens is 3. The van der Waals surface area contributed by atoms with Crippen molar-refractivity contribution in [3.05, 3.63) is 40.2 Å². The van der Waals surface area contributed by atoms with E-state index in [1.807, 2.05) is 0 Å². The van der Waals surface area contributed by atoms with Gasteiger partial charge in [0.1, 0.15) is 11.7 Å². The molecule has 8 heteroatoms. The Kier molecular flexibility index (Phi) is 3.31. The third kappa shape index (κ3) is 2.30. The molecule has 1 aliphatic carbocycles. The van der Waals surface area contributed by atoms with Crippen molar-refractivity contribution in [2.75, 3.05) is 0 Å². The normalized spacial score (nSPS) is 20.4. The number of hydrogen-bond acceptors (Lipinski definition) is 3. The number of carboxylic acid groups (broad SMARTS) is 1. The molecule has 0 bridgehead atoms. The summed E-state index contributed by atoms with van der Waals surface area (Å²) in [6, 6.07) is 3.13. The van der Waals surface area contributed by atoms with Gasteiger partial charge >= 0.3 is 12.6 Å². The number of carbonyl (C=O) groups is 1. The Morgan fingerprint density at radius 1 is 1.41 bits per heavy atom. The molecular weight excluding hydrogens is 303 g/mol. The minimum absolute atomic E-state index is 0.0250. The summed E-state index contributed by atoms with van der Waals surface area (Å²) in [7, 11) is 0. The summed E-state index contributed by atoms with van der Waals surface area (Å²) in [6.45, 7) is -3.12. The molecule has 1 heterocycles. The number of carboxylic acids is 1. The predicted octanol–water partition coefficient (Wildman–Crippen LogP) is 2.58. The summed E-state index contributed by atoms with van der Waals surface area (Å²) in [5.41, 5.74) is -1.39. The second-order valence-electron chi connectivity index (χ2n) is 4.93. The number of fused-ring (bicyclic) bond motifs is 1. The minimum Gasteiger partial charge on any atom is -0.477 e. The summed E-state index contributed by atoms with van der Waals surface area (Å²) in [5.74, 6) is -1.75. The Morgan fingerprint density at radius 3 is 2.64 bits per heavy atom. The van der Waals surface area contributed by atoms with Gasteiger partial charge in [-0.05, 0) is 12.1 Å². The molecule has 1 saturated carbocycles. The Hall–Kier alpha value is -2.51. The first-order chi connectivity index (χ1) is 10.4. The van der Waals surface area contributed by atoms with Crippen molar-refractivity contribution in [2.45, 2.75) is 25.2 Å². The van der Waals surface area contributed by atoms with Gasteiger partial charge < -0.3 is 14.4 Å². The molecule has 116 valence electrons. The number of benzene rings is 1. The Labute approximate surface area is 121 Å². The standard InChI is InChI=1S/C14H10F3NO4/c15-8-4-9(8)18-5-7(13(20)21)12(19)6-2-1-3-10(11(6)18)22-14(16)17/h1-3,5,8-9,14H,4H2,(H,20,21)/t8-,9+/m0/s1. The van der Waals surface area contributed by atoms with Crippen LogP contribution in [0, 0.1) is 0 Å². The average molecular weight is 313 g/mol. The molecule has 1 fully saturated rings. The van der Waals surface area contributed by atoms with Crippen LogP contribution in [0.1, 0.15) is 22.8 Å². The number of aromatic carboxylic acids is 1. The molecule has 0 spiro atoms. The molecule has 5 nitrogen and oxygen atoms in total. The van der Waals surface area contributed by atoms with E-state index < -0.39 is 35.8 Å². The molecule has 1 aliphatic rings. The summed E-state index contributed by atoms with van der Waals surface area (Å²) in [6.07, 6.45) is -0.109. The monoisotopic (exact) mass is 313 g/mol. The van der Waals surface area contributed by atoms with E-state index in [1.165, 1.54) is 22.8 Å². The van der Waals surface area contributed by atoms with Crippen LogP contribution in [-0.2, 0) is 0 Å². The van der Waals surface area contributed by atoms with E-state index in [1.54, 1.807) is 0 Å². The highest BCUT2D eigenvalue weighted by atomic mass is 19.3. The van der Waals surface area contributed by atoms with Gasteiger partial charge in [-0.15, -0.1) is 0 Å². The van der Waals surface area contributed by atoms with E-state index in [-0.39, 0.29) is 23.1 Å². The van der Waals surface area contributed by atoms with Crippen LogP contribution in [0.25, 0.3) is 10.9 Å². The number of rotatable bonds is 4. The molecule has 0 amide bonds. The fourth-order valence-electron chi connectivity index (χ4n) is 2.42. The number of para-hydroxylation sites is 1.